The van der Waals surface area contributed by atoms with Crippen molar-refractivity contribution in [3.63, 3.8) is 0 Å². The number of nitrogens with one attached hydrogen (secondary N) is 1. The van der Waals surface area contributed by atoms with Gasteiger partial charge in [-0.25, -0.2) is 0 Å². The van der Waals surface area contributed by atoms with E-state index in [1.807, 2.05) is 12.1 Å². The minimum Gasteiger partial charge on any atom is -0.325 e. The molecule has 19 heavy (non-hydrogen) atoms. The fraction of sp³-hybridized carbons (Fsp3) is 0.500. The number of rotatable bonds is 3. The van der Waals surface area contributed by atoms with Crippen LogP contribution in [0.5, 0.6) is 0 Å². The normalized spacial score (nSPS) is 28.4. The molecule has 1 N–H and O–H groups in total. The molecule has 0 aromatic heterocycles. The van der Waals surface area contributed by atoms with E-state index >= 15 is 0 Å². The topological polar surface area (TPSA) is 46.2 Å². The Bertz CT molecular complexity index is 511. The van der Waals surface area contributed by atoms with Crippen molar-refractivity contribution in [2.75, 3.05) is 5.32 Å². The van der Waals surface area contributed by atoms with E-state index in [0.29, 0.717) is 23.1 Å². The van der Waals surface area contributed by atoms with Gasteiger partial charge in [0.05, 0.1) is 5.69 Å². The Kier molecular flexibility index (Phi) is 3.13. The summed E-state index contributed by atoms with van der Waals surface area (Å²) in [6.07, 6.45) is 4.90. The molecule has 2 saturated carbocycles. The van der Waals surface area contributed by atoms with Gasteiger partial charge in [-0.15, -0.1) is 0 Å². The van der Waals surface area contributed by atoms with Gasteiger partial charge in [-0.1, -0.05) is 25.0 Å². The number of anilines is 1. The van der Waals surface area contributed by atoms with E-state index < -0.39 is 0 Å². The summed E-state index contributed by atoms with van der Waals surface area (Å²) in [4.78, 5) is 23.8. The molecule has 2 unspecified atom stereocenters. The van der Waals surface area contributed by atoms with Crippen LogP contribution in [-0.4, -0.2) is 11.7 Å². The molecule has 100 valence electrons. The van der Waals surface area contributed by atoms with Crippen LogP contribution < -0.4 is 5.32 Å². The highest BCUT2D eigenvalue weighted by Crippen LogP contribution is 2.55. The van der Waals surface area contributed by atoms with Crippen molar-refractivity contribution in [3.8, 4) is 0 Å². The standard InChI is InChI=1S/C16H19NO2/c1-10(18)11-6-4-5-9-14(11)17-16(19)15-12-7-2-3-8-13(12)15/h4-6,9,12-13,15H,2-3,7-8H2,1H3,(H,17,19). The highest BCUT2D eigenvalue weighted by Gasteiger charge is 2.54. The van der Waals surface area contributed by atoms with E-state index in [-0.39, 0.29) is 17.6 Å². The molecule has 2 aliphatic carbocycles. The van der Waals surface area contributed by atoms with Gasteiger partial charge in [-0.3, -0.25) is 9.59 Å². The fourth-order valence-electron chi connectivity index (χ4n) is 3.50. The van der Waals surface area contributed by atoms with Crippen molar-refractivity contribution in [2.45, 2.75) is 32.6 Å². The second-order valence-electron chi connectivity index (χ2n) is 5.73. The van der Waals surface area contributed by atoms with Gasteiger partial charge in [-0.2, -0.15) is 0 Å². The van der Waals surface area contributed by atoms with Crippen molar-refractivity contribution in [1.29, 1.82) is 0 Å². The molecule has 1 aromatic carbocycles. The Morgan fingerprint density at radius 2 is 1.74 bits per heavy atom. The molecule has 0 heterocycles. The fourth-order valence-corrected chi connectivity index (χ4v) is 3.50. The van der Waals surface area contributed by atoms with Gasteiger partial charge in [0.1, 0.15) is 0 Å². The maximum Gasteiger partial charge on any atom is 0.228 e. The van der Waals surface area contributed by atoms with Crippen molar-refractivity contribution < 1.29 is 9.59 Å². The highest BCUT2D eigenvalue weighted by atomic mass is 16.2. The summed E-state index contributed by atoms with van der Waals surface area (Å²) in [6.45, 7) is 1.53. The molecular weight excluding hydrogens is 238 g/mol. The van der Waals surface area contributed by atoms with E-state index in [1.165, 1.54) is 32.6 Å². The van der Waals surface area contributed by atoms with Gasteiger partial charge in [0.15, 0.2) is 5.78 Å². The maximum absolute atomic E-state index is 12.3. The first-order chi connectivity index (χ1) is 9.18. The second-order valence-corrected chi connectivity index (χ2v) is 5.73. The number of para-hydroxylation sites is 1. The zero-order valence-corrected chi connectivity index (χ0v) is 11.2. The predicted molar refractivity (Wildman–Crippen MR) is 74.0 cm³/mol. The Hall–Kier alpha value is -1.64. The lowest BCUT2D eigenvalue weighted by molar-refractivity contribution is -0.117. The van der Waals surface area contributed by atoms with Crippen molar-refractivity contribution in [3.05, 3.63) is 29.8 Å². The minimum absolute atomic E-state index is 0.0101. The van der Waals surface area contributed by atoms with Crippen LogP contribution in [0.15, 0.2) is 24.3 Å². The second kappa shape index (κ2) is 4.80. The number of ketones is 1. The van der Waals surface area contributed by atoms with Gasteiger partial charge < -0.3 is 5.32 Å². The Balaban J connectivity index is 1.72. The lowest BCUT2D eigenvalue weighted by Crippen LogP contribution is -2.17. The minimum atomic E-state index is -0.0101. The first-order valence-corrected chi connectivity index (χ1v) is 7.09. The molecule has 0 spiro atoms. The molecule has 0 aliphatic heterocycles. The number of benzene rings is 1. The monoisotopic (exact) mass is 257 g/mol. The lowest BCUT2D eigenvalue weighted by Gasteiger charge is -2.08. The predicted octanol–water partition coefficient (Wildman–Crippen LogP) is 3.26. The van der Waals surface area contributed by atoms with Crippen LogP contribution >= 0.6 is 0 Å². The smallest absolute Gasteiger partial charge is 0.228 e. The molecule has 2 atom stereocenters. The molecule has 0 bridgehead atoms. The zero-order valence-electron chi connectivity index (χ0n) is 11.2. The van der Waals surface area contributed by atoms with Crippen LogP contribution in [0.2, 0.25) is 0 Å². The van der Waals surface area contributed by atoms with Crippen molar-refractivity contribution in [2.24, 2.45) is 17.8 Å². The summed E-state index contributed by atoms with van der Waals surface area (Å²) in [5.74, 6) is 1.47. The maximum atomic E-state index is 12.3. The van der Waals surface area contributed by atoms with Crippen LogP contribution in [0.4, 0.5) is 5.69 Å². The third kappa shape index (κ3) is 2.29. The molecule has 3 nitrogen and oxygen atoms in total. The van der Waals surface area contributed by atoms with E-state index in [4.69, 9.17) is 0 Å². The van der Waals surface area contributed by atoms with Gasteiger partial charge in [0, 0.05) is 11.5 Å². The van der Waals surface area contributed by atoms with Crippen LogP contribution in [0.3, 0.4) is 0 Å². The number of hydrogen-bond donors (Lipinski definition) is 1. The van der Waals surface area contributed by atoms with Crippen LogP contribution in [0.1, 0.15) is 43.0 Å². The molecule has 1 amide bonds. The van der Waals surface area contributed by atoms with Crippen molar-refractivity contribution in [1.82, 2.24) is 0 Å². The highest BCUT2D eigenvalue weighted by molar-refractivity contribution is 6.04. The van der Waals surface area contributed by atoms with Crippen LogP contribution in [0.25, 0.3) is 0 Å². The summed E-state index contributed by atoms with van der Waals surface area (Å²) in [5.41, 5.74) is 1.25. The number of carbonyl (C=O) groups is 2. The van der Waals surface area contributed by atoms with Crippen LogP contribution in [-0.2, 0) is 4.79 Å². The summed E-state index contributed by atoms with van der Waals surface area (Å²) in [5, 5.41) is 2.95. The number of amides is 1. The number of hydrogen-bond acceptors (Lipinski definition) is 2. The quantitative estimate of drug-likeness (QED) is 0.845. The third-order valence-electron chi connectivity index (χ3n) is 4.52. The molecule has 0 radical (unpaired) electrons. The lowest BCUT2D eigenvalue weighted by atomic mass is 10.0. The Morgan fingerprint density at radius 1 is 1.11 bits per heavy atom. The van der Waals surface area contributed by atoms with E-state index in [0.717, 1.165) is 0 Å². The molecule has 1 aromatic rings. The van der Waals surface area contributed by atoms with E-state index in [2.05, 4.69) is 5.32 Å². The molecule has 2 fully saturated rings. The largest absolute Gasteiger partial charge is 0.325 e. The first kappa shape index (κ1) is 12.4. The molecule has 3 heteroatoms. The molecule has 2 aliphatic rings. The average molecular weight is 257 g/mol. The van der Waals surface area contributed by atoms with Gasteiger partial charge in [-0.05, 0) is 43.7 Å². The van der Waals surface area contributed by atoms with Crippen LogP contribution in [0, 0.1) is 17.8 Å². The third-order valence-corrected chi connectivity index (χ3v) is 4.52. The summed E-state index contributed by atoms with van der Waals surface area (Å²) in [6, 6.07) is 7.24. The van der Waals surface area contributed by atoms with E-state index in [1.54, 1.807) is 12.1 Å². The SMILES string of the molecule is CC(=O)c1ccccc1NC(=O)C1C2CCCCC21. The number of fused-ring (bicyclic) bond motifs is 1. The molecule has 3 rings (SSSR count). The van der Waals surface area contributed by atoms with Crippen molar-refractivity contribution >= 4 is 17.4 Å². The zero-order chi connectivity index (χ0) is 13.4. The Labute approximate surface area is 113 Å². The van der Waals surface area contributed by atoms with Gasteiger partial charge in [0.2, 0.25) is 5.91 Å². The average Bonchev–Trinajstić information content (AvgIpc) is 3.13. The summed E-state index contributed by atoms with van der Waals surface area (Å²) in [7, 11) is 0. The van der Waals surface area contributed by atoms with Gasteiger partial charge >= 0.3 is 0 Å². The first-order valence-electron chi connectivity index (χ1n) is 7.09. The Morgan fingerprint density at radius 3 is 2.37 bits per heavy atom. The van der Waals surface area contributed by atoms with E-state index in [9.17, 15) is 9.59 Å². The molecule has 0 saturated heterocycles. The number of Topliss-reactive ketones (excluding diaryl/α,β-unsaturated/α-hetero) is 1. The summed E-state index contributed by atoms with van der Waals surface area (Å²) >= 11 is 0. The van der Waals surface area contributed by atoms with Gasteiger partial charge in [0.25, 0.3) is 0 Å². The number of carbonyl (C=O) groups excluding carboxylic acids is 2. The summed E-state index contributed by atoms with van der Waals surface area (Å²) < 4.78 is 0. The molecular formula is C16H19NO2.